The molecule has 0 unspecified atom stereocenters. The Morgan fingerprint density at radius 1 is 1.17 bits per heavy atom. The lowest BCUT2D eigenvalue weighted by atomic mass is 10.1. The van der Waals surface area contributed by atoms with Gasteiger partial charge in [0.2, 0.25) is 5.91 Å². The molecule has 2 N–H and O–H groups in total. The lowest BCUT2D eigenvalue weighted by Crippen LogP contribution is -2.40. The first kappa shape index (κ1) is 17.4. The average molecular weight is 318 g/mol. The molecule has 1 aliphatic rings. The highest BCUT2D eigenvalue weighted by atomic mass is 16.2. The van der Waals surface area contributed by atoms with Crippen molar-refractivity contribution in [3.8, 4) is 0 Å². The minimum Gasteiger partial charge on any atom is -0.369 e. The Hall–Kier alpha value is -1.92. The number of likely N-dealkylation sites (N-methyl/N-ethyl adjacent to an activating group) is 1. The second-order valence-corrected chi connectivity index (χ2v) is 6.55. The zero-order valence-corrected chi connectivity index (χ0v) is 14.2. The Kier molecular flexibility index (Phi) is 5.74. The third kappa shape index (κ3) is 4.77. The molecule has 1 aliphatic heterocycles. The van der Waals surface area contributed by atoms with Crippen molar-refractivity contribution in [2.24, 2.45) is 11.7 Å². The summed E-state index contributed by atoms with van der Waals surface area (Å²) in [7, 11) is 5.97. The maximum atomic E-state index is 12.7. The molecule has 1 aromatic rings. The third-order valence-electron chi connectivity index (χ3n) is 4.11. The van der Waals surface area contributed by atoms with Crippen LogP contribution in [0.25, 0.3) is 0 Å². The van der Waals surface area contributed by atoms with Crippen molar-refractivity contribution >= 4 is 11.8 Å². The molecule has 1 heterocycles. The Morgan fingerprint density at radius 3 is 2.39 bits per heavy atom. The molecule has 0 spiro atoms. The maximum Gasteiger partial charge on any atom is 0.253 e. The van der Waals surface area contributed by atoms with E-state index in [0.29, 0.717) is 25.2 Å². The highest BCUT2D eigenvalue weighted by Crippen LogP contribution is 2.14. The molecule has 1 saturated heterocycles. The molecule has 0 saturated carbocycles. The molecule has 6 nitrogen and oxygen atoms in total. The highest BCUT2D eigenvalue weighted by Gasteiger charge is 2.27. The Morgan fingerprint density at radius 2 is 1.83 bits per heavy atom. The van der Waals surface area contributed by atoms with Gasteiger partial charge in [0.05, 0.1) is 5.92 Å². The second-order valence-electron chi connectivity index (χ2n) is 6.55. The van der Waals surface area contributed by atoms with Gasteiger partial charge in [-0.1, -0.05) is 12.1 Å². The highest BCUT2D eigenvalue weighted by molar-refractivity contribution is 5.94. The van der Waals surface area contributed by atoms with E-state index in [9.17, 15) is 9.59 Å². The summed E-state index contributed by atoms with van der Waals surface area (Å²) in [5.74, 6) is -0.708. The Bertz CT molecular complexity index is 556. The fraction of sp³-hybridized carbons (Fsp3) is 0.529. The summed E-state index contributed by atoms with van der Waals surface area (Å²) >= 11 is 0. The van der Waals surface area contributed by atoms with Crippen LogP contribution in [0.4, 0.5) is 0 Å². The van der Waals surface area contributed by atoms with Crippen LogP contribution >= 0.6 is 0 Å². The summed E-state index contributed by atoms with van der Waals surface area (Å²) in [4.78, 5) is 30.1. The quantitative estimate of drug-likeness (QED) is 0.863. The second kappa shape index (κ2) is 7.57. The van der Waals surface area contributed by atoms with Gasteiger partial charge in [-0.3, -0.25) is 9.59 Å². The minimum absolute atomic E-state index is 0.0389. The summed E-state index contributed by atoms with van der Waals surface area (Å²) in [5.41, 5.74) is 7.27. The largest absolute Gasteiger partial charge is 0.369 e. The van der Waals surface area contributed by atoms with Crippen LogP contribution in [0.5, 0.6) is 0 Å². The van der Waals surface area contributed by atoms with Gasteiger partial charge in [0.25, 0.3) is 5.91 Å². The molecule has 1 fully saturated rings. The van der Waals surface area contributed by atoms with Crippen molar-refractivity contribution in [1.29, 1.82) is 0 Å². The van der Waals surface area contributed by atoms with Gasteiger partial charge < -0.3 is 20.4 Å². The molecule has 2 rings (SSSR count). The summed E-state index contributed by atoms with van der Waals surface area (Å²) < 4.78 is 0. The van der Waals surface area contributed by atoms with E-state index < -0.39 is 0 Å². The SMILES string of the molecule is CN(C)Cc1ccc(C(=O)N2CCN(C)C[C@@H](C(N)=O)C2)cc1. The summed E-state index contributed by atoms with van der Waals surface area (Å²) in [6.07, 6.45) is 0. The van der Waals surface area contributed by atoms with Gasteiger partial charge in [-0.2, -0.15) is 0 Å². The van der Waals surface area contributed by atoms with E-state index in [1.165, 1.54) is 0 Å². The molecular formula is C17H26N4O2. The number of rotatable bonds is 4. The molecule has 23 heavy (non-hydrogen) atoms. The molecule has 0 aliphatic carbocycles. The first-order valence-electron chi connectivity index (χ1n) is 7.87. The van der Waals surface area contributed by atoms with E-state index in [0.717, 1.165) is 18.7 Å². The topological polar surface area (TPSA) is 69.9 Å². The van der Waals surface area contributed by atoms with Crippen LogP contribution in [-0.4, -0.2) is 73.8 Å². The lowest BCUT2D eigenvalue weighted by molar-refractivity contribution is -0.122. The van der Waals surface area contributed by atoms with Gasteiger partial charge in [0.15, 0.2) is 0 Å². The van der Waals surface area contributed by atoms with E-state index >= 15 is 0 Å². The fourth-order valence-electron chi connectivity index (χ4n) is 2.84. The van der Waals surface area contributed by atoms with E-state index in [4.69, 9.17) is 5.73 Å². The number of benzene rings is 1. The monoisotopic (exact) mass is 318 g/mol. The Labute approximate surface area is 137 Å². The molecular weight excluding hydrogens is 292 g/mol. The fourth-order valence-corrected chi connectivity index (χ4v) is 2.84. The van der Waals surface area contributed by atoms with Crippen molar-refractivity contribution in [3.63, 3.8) is 0 Å². The zero-order chi connectivity index (χ0) is 17.0. The predicted octanol–water partition coefficient (Wildman–Crippen LogP) is 0.237. The lowest BCUT2D eigenvalue weighted by Gasteiger charge is -2.23. The third-order valence-corrected chi connectivity index (χ3v) is 4.11. The van der Waals surface area contributed by atoms with Gasteiger partial charge in [0.1, 0.15) is 0 Å². The van der Waals surface area contributed by atoms with Gasteiger partial charge in [-0.15, -0.1) is 0 Å². The van der Waals surface area contributed by atoms with Crippen LogP contribution in [0.2, 0.25) is 0 Å². The van der Waals surface area contributed by atoms with Crippen LogP contribution in [0.1, 0.15) is 15.9 Å². The van der Waals surface area contributed by atoms with Crippen molar-refractivity contribution < 1.29 is 9.59 Å². The molecule has 2 amide bonds. The van der Waals surface area contributed by atoms with Crippen LogP contribution in [0.3, 0.4) is 0 Å². The molecule has 0 bridgehead atoms. The van der Waals surface area contributed by atoms with Crippen LogP contribution < -0.4 is 5.73 Å². The summed E-state index contributed by atoms with van der Waals surface area (Å²) in [6, 6.07) is 7.66. The number of nitrogens with zero attached hydrogens (tertiary/aromatic N) is 3. The normalized spacial score (nSPS) is 19.7. The number of carbonyl (C=O) groups is 2. The number of nitrogens with two attached hydrogens (primary N) is 1. The van der Waals surface area contributed by atoms with Crippen molar-refractivity contribution in [2.75, 3.05) is 47.3 Å². The number of amides is 2. The Balaban J connectivity index is 2.10. The van der Waals surface area contributed by atoms with E-state index in [1.807, 2.05) is 50.3 Å². The molecule has 1 atom stereocenters. The average Bonchev–Trinajstić information content (AvgIpc) is 2.69. The molecule has 0 radical (unpaired) electrons. The first-order chi connectivity index (χ1) is 10.9. The molecule has 0 aromatic heterocycles. The summed E-state index contributed by atoms with van der Waals surface area (Å²) in [6.45, 7) is 3.18. The van der Waals surface area contributed by atoms with E-state index in [-0.39, 0.29) is 17.7 Å². The smallest absolute Gasteiger partial charge is 0.253 e. The van der Waals surface area contributed by atoms with Crippen molar-refractivity contribution in [3.05, 3.63) is 35.4 Å². The summed E-state index contributed by atoms with van der Waals surface area (Å²) in [5, 5.41) is 0. The van der Waals surface area contributed by atoms with Crippen LogP contribution in [0, 0.1) is 5.92 Å². The number of carbonyl (C=O) groups excluding carboxylic acids is 2. The van der Waals surface area contributed by atoms with E-state index in [2.05, 4.69) is 4.90 Å². The van der Waals surface area contributed by atoms with Gasteiger partial charge in [0, 0.05) is 38.3 Å². The van der Waals surface area contributed by atoms with Crippen molar-refractivity contribution in [2.45, 2.75) is 6.54 Å². The van der Waals surface area contributed by atoms with Gasteiger partial charge >= 0.3 is 0 Å². The standard InChI is InChI=1S/C17H26N4O2/c1-19(2)10-13-4-6-14(7-5-13)17(23)21-9-8-20(3)11-15(12-21)16(18)22/h4-7,15H,8-12H2,1-3H3,(H2,18,22)/t15-/m1/s1. The molecule has 126 valence electrons. The van der Waals surface area contributed by atoms with Crippen LogP contribution in [-0.2, 0) is 11.3 Å². The maximum absolute atomic E-state index is 12.7. The number of primary amides is 1. The molecule has 6 heteroatoms. The number of hydrogen-bond acceptors (Lipinski definition) is 4. The van der Waals surface area contributed by atoms with Gasteiger partial charge in [-0.25, -0.2) is 0 Å². The first-order valence-corrected chi connectivity index (χ1v) is 7.87. The van der Waals surface area contributed by atoms with Crippen LogP contribution in [0.15, 0.2) is 24.3 Å². The molecule has 1 aromatic carbocycles. The minimum atomic E-state index is -0.349. The predicted molar refractivity (Wildman–Crippen MR) is 89.9 cm³/mol. The van der Waals surface area contributed by atoms with Crippen molar-refractivity contribution in [1.82, 2.24) is 14.7 Å². The van der Waals surface area contributed by atoms with Gasteiger partial charge in [-0.05, 0) is 38.8 Å². The number of hydrogen-bond donors (Lipinski definition) is 1. The zero-order valence-electron chi connectivity index (χ0n) is 14.2. The van der Waals surface area contributed by atoms with E-state index in [1.54, 1.807) is 4.90 Å².